The van der Waals surface area contributed by atoms with Gasteiger partial charge in [0, 0.05) is 0 Å². The highest BCUT2D eigenvalue weighted by Crippen LogP contribution is 2.17. The molecule has 0 atom stereocenters. The van der Waals surface area contributed by atoms with Crippen LogP contribution in [0, 0.1) is 0 Å². The van der Waals surface area contributed by atoms with Crippen molar-refractivity contribution in [3.63, 3.8) is 0 Å². The average Bonchev–Trinajstić information content (AvgIpc) is 2.96. The minimum absolute atomic E-state index is 0.0549. The van der Waals surface area contributed by atoms with Crippen LogP contribution in [0.3, 0.4) is 0 Å². The highest BCUT2D eigenvalue weighted by Gasteiger charge is 2.18. The summed E-state index contributed by atoms with van der Waals surface area (Å²) in [5, 5.41) is 0. The maximum Gasteiger partial charge on any atom is 0.0547 e. The second-order valence-electron chi connectivity index (χ2n) is 13.1. The van der Waals surface area contributed by atoms with E-state index >= 15 is 0 Å². The van der Waals surface area contributed by atoms with Crippen molar-refractivity contribution >= 4 is 0 Å². The van der Waals surface area contributed by atoms with Gasteiger partial charge in [-0.2, -0.15) is 0 Å². The summed E-state index contributed by atoms with van der Waals surface area (Å²) in [6, 6.07) is 0. The SMILES string of the molecule is CCCCCCCCCCCCCCC=CC=CC(C)(C=CC=CCCCCCCCCCCCCCC)N(C)C. The maximum atomic E-state index is 2.35. The second kappa shape index (κ2) is 31.8. The molecule has 0 aromatic carbocycles. The van der Waals surface area contributed by atoms with E-state index in [1.54, 1.807) is 0 Å². The smallest absolute Gasteiger partial charge is 0.0547 e. The van der Waals surface area contributed by atoms with Gasteiger partial charge < -0.3 is 0 Å². The molecule has 0 aliphatic rings. The van der Waals surface area contributed by atoms with Crippen molar-refractivity contribution in [2.45, 2.75) is 193 Å². The average molecular weight is 570 g/mol. The van der Waals surface area contributed by atoms with Crippen molar-refractivity contribution in [3.8, 4) is 0 Å². The number of unbranched alkanes of at least 4 members (excludes halogenated alkanes) is 24. The Bertz CT molecular complexity index is 575. The van der Waals surface area contributed by atoms with E-state index in [1.807, 2.05) is 0 Å². The first-order valence-corrected chi connectivity index (χ1v) is 18.4. The molecule has 0 heterocycles. The molecule has 0 radical (unpaired) electrons. The molecule has 0 aromatic heterocycles. The highest BCUT2D eigenvalue weighted by molar-refractivity contribution is 5.22. The van der Waals surface area contributed by atoms with Gasteiger partial charge in [0.1, 0.15) is 0 Å². The molecule has 0 amide bonds. The lowest BCUT2D eigenvalue weighted by Crippen LogP contribution is -2.37. The first kappa shape index (κ1) is 39.9. The van der Waals surface area contributed by atoms with E-state index in [4.69, 9.17) is 0 Å². The summed E-state index contributed by atoms with van der Waals surface area (Å²) >= 11 is 0. The molecule has 0 rings (SSSR count). The van der Waals surface area contributed by atoms with Gasteiger partial charge in [-0.05, 0) is 46.7 Å². The zero-order valence-corrected chi connectivity index (χ0v) is 29.0. The van der Waals surface area contributed by atoms with E-state index in [0.717, 1.165) is 0 Å². The van der Waals surface area contributed by atoms with E-state index in [1.165, 1.54) is 167 Å². The molecule has 0 aromatic rings. The number of likely N-dealkylation sites (N-methyl/N-ethyl adjacent to an activating group) is 1. The lowest BCUT2D eigenvalue weighted by molar-refractivity contribution is 0.285. The molecule has 0 fully saturated rings. The number of hydrogen-bond acceptors (Lipinski definition) is 1. The van der Waals surface area contributed by atoms with Gasteiger partial charge in [0.15, 0.2) is 0 Å². The zero-order chi connectivity index (χ0) is 30.1. The standard InChI is InChI=1S/C40H75N/c1-6-8-10-12-14-16-18-20-22-24-26-28-30-32-34-36-38-40(3,41(4)5)39-37-35-33-31-29-27-25-23-21-19-17-15-13-11-9-7-2/h32-39H,6-31H2,1-5H3. The van der Waals surface area contributed by atoms with Crippen LogP contribution >= 0.6 is 0 Å². The van der Waals surface area contributed by atoms with E-state index in [2.05, 4.69) is 88.4 Å². The molecule has 0 unspecified atom stereocenters. The Balaban J connectivity index is 3.84. The van der Waals surface area contributed by atoms with Gasteiger partial charge in [-0.1, -0.05) is 204 Å². The first-order valence-electron chi connectivity index (χ1n) is 18.4. The Morgan fingerprint density at radius 2 is 0.659 bits per heavy atom. The van der Waals surface area contributed by atoms with Crippen molar-refractivity contribution in [3.05, 3.63) is 48.6 Å². The van der Waals surface area contributed by atoms with Crippen LogP contribution < -0.4 is 0 Å². The summed E-state index contributed by atoms with van der Waals surface area (Å²) in [7, 11) is 4.34. The largest absolute Gasteiger partial charge is 0.297 e. The van der Waals surface area contributed by atoms with Crippen molar-refractivity contribution in [2.75, 3.05) is 14.1 Å². The van der Waals surface area contributed by atoms with E-state index < -0.39 is 0 Å². The minimum Gasteiger partial charge on any atom is -0.297 e. The topological polar surface area (TPSA) is 3.24 Å². The zero-order valence-electron chi connectivity index (χ0n) is 29.0. The number of hydrogen-bond donors (Lipinski definition) is 0. The summed E-state index contributed by atoms with van der Waals surface area (Å²) in [6.45, 7) is 6.89. The minimum atomic E-state index is -0.0549. The Hall–Kier alpha value is -1.08. The summed E-state index contributed by atoms with van der Waals surface area (Å²) in [5.74, 6) is 0. The summed E-state index contributed by atoms with van der Waals surface area (Å²) in [6.07, 6.45) is 54.8. The fourth-order valence-corrected chi connectivity index (χ4v) is 5.41. The van der Waals surface area contributed by atoms with Crippen molar-refractivity contribution in [1.82, 2.24) is 4.90 Å². The molecule has 0 saturated heterocycles. The monoisotopic (exact) mass is 570 g/mol. The van der Waals surface area contributed by atoms with Crippen LogP contribution in [0.1, 0.15) is 188 Å². The number of nitrogens with zero attached hydrogens (tertiary/aromatic N) is 1. The molecular formula is C40H75N. The summed E-state index contributed by atoms with van der Waals surface area (Å²) < 4.78 is 0. The number of allylic oxidation sites excluding steroid dienone is 6. The van der Waals surface area contributed by atoms with Crippen LogP contribution in [0.2, 0.25) is 0 Å². The van der Waals surface area contributed by atoms with Gasteiger partial charge in [-0.15, -0.1) is 0 Å². The molecule has 0 aliphatic carbocycles. The molecule has 0 bridgehead atoms. The molecule has 0 spiro atoms. The lowest BCUT2D eigenvalue weighted by atomic mass is 9.99. The van der Waals surface area contributed by atoms with Gasteiger partial charge in [0.2, 0.25) is 0 Å². The van der Waals surface area contributed by atoms with Crippen LogP contribution in [0.5, 0.6) is 0 Å². The molecule has 240 valence electrons. The van der Waals surface area contributed by atoms with Gasteiger partial charge in [-0.25, -0.2) is 0 Å². The molecule has 0 saturated carbocycles. The highest BCUT2D eigenvalue weighted by atomic mass is 15.1. The molecular weight excluding hydrogens is 494 g/mol. The van der Waals surface area contributed by atoms with Crippen molar-refractivity contribution in [1.29, 1.82) is 0 Å². The van der Waals surface area contributed by atoms with Gasteiger partial charge in [-0.3, -0.25) is 4.90 Å². The van der Waals surface area contributed by atoms with E-state index in [9.17, 15) is 0 Å². The van der Waals surface area contributed by atoms with Gasteiger partial charge in [0.05, 0.1) is 5.54 Å². The fraction of sp³-hybridized carbons (Fsp3) is 0.800. The predicted molar refractivity (Wildman–Crippen MR) is 190 cm³/mol. The van der Waals surface area contributed by atoms with Gasteiger partial charge in [0.25, 0.3) is 0 Å². The van der Waals surface area contributed by atoms with E-state index in [0.29, 0.717) is 0 Å². The van der Waals surface area contributed by atoms with Crippen molar-refractivity contribution < 1.29 is 0 Å². The fourth-order valence-electron chi connectivity index (χ4n) is 5.41. The Morgan fingerprint density at radius 1 is 0.390 bits per heavy atom. The molecule has 1 nitrogen and oxygen atoms in total. The second-order valence-corrected chi connectivity index (χ2v) is 13.1. The molecule has 41 heavy (non-hydrogen) atoms. The van der Waals surface area contributed by atoms with Gasteiger partial charge >= 0.3 is 0 Å². The Labute approximate surface area is 260 Å². The number of rotatable bonds is 31. The molecule has 1 heteroatoms. The lowest BCUT2D eigenvalue weighted by Gasteiger charge is -2.30. The third-order valence-corrected chi connectivity index (χ3v) is 8.77. The van der Waals surface area contributed by atoms with E-state index in [-0.39, 0.29) is 5.54 Å². The normalized spacial score (nSPS) is 14.1. The van der Waals surface area contributed by atoms with Crippen LogP contribution in [0.4, 0.5) is 0 Å². The first-order chi connectivity index (χ1) is 20.1. The maximum absolute atomic E-state index is 2.35. The van der Waals surface area contributed by atoms with Crippen LogP contribution in [0.15, 0.2) is 48.6 Å². The predicted octanol–water partition coefficient (Wildman–Crippen LogP) is 13.7. The van der Waals surface area contributed by atoms with Crippen LogP contribution in [-0.2, 0) is 0 Å². The summed E-state index contributed by atoms with van der Waals surface area (Å²) in [5.41, 5.74) is -0.0549. The Morgan fingerprint density at radius 3 is 0.927 bits per heavy atom. The van der Waals surface area contributed by atoms with Crippen molar-refractivity contribution in [2.24, 2.45) is 0 Å². The summed E-state index contributed by atoms with van der Waals surface area (Å²) in [4.78, 5) is 2.29. The third kappa shape index (κ3) is 28.8. The van der Waals surface area contributed by atoms with Crippen LogP contribution in [-0.4, -0.2) is 24.5 Å². The quantitative estimate of drug-likeness (QED) is 0.0592. The third-order valence-electron chi connectivity index (χ3n) is 8.77. The molecule has 0 aliphatic heterocycles. The Kier molecular flexibility index (Phi) is 31.0. The van der Waals surface area contributed by atoms with Crippen LogP contribution in [0.25, 0.3) is 0 Å². The molecule has 0 N–H and O–H groups in total.